The van der Waals surface area contributed by atoms with Gasteiger partial charge in [-0.05, 0) is 63.2 Å². The van der Waals surface area contributed by atoms with E-state index >= 15 is 0 Å². The summed E-state index contributed by atoms with van der Waals surface area (Å²) in [6, 6.07) is 5.31. The smallest absolute Gasteiger partial charge is 0.160 e. The molecule has 0 aromatic heterocycles. The highest BCUT2D eigenvalue weighted by Gasteiger charge is 2.26. The van der Waals surface area contributed by atoms with Crippen LogP contribution in [0.1, 0.15) is 53.9 Å². The Morgan fingerprint density at radius 2 is 1.97 bits per heavy atom. The maximum absolute atomic E-state index is 9.83. The molecular formula is C27H37NO2. The van der Waals surface area contributed by atoms with Gasteiger partial charge in [-0.25, -0.2) is 0 Å². The fourth-order valence-electron chi connectivity index (χ4n) is 3.83. The molecule has 1 aromatic carbocycles. The molecule has 0 aliphatic heterocycles. The van der Waals surface area contributed by atoms with Crippen molar-refractivity contribution in [2.45, 2.75) is 53.9 Å². The summed E-state index contributed by atoms with van der Waals surface area (Å²) in [5, 5.41) is 13.1. The Balaban J connectivity index is 1.90. The minimum absolute atomic E-state index is 0.138. The highest BCUT2D eigenvalue weighted by Crippen LogP contribution is 2.40. The van der Waals surface area contributed by atoms with Crippen molar-refractivity contribution < 1.29 is 9.84 Å². The summed E-state index contributed by atoms with van der Waals surface area (Å²) in [6.07, 6.45) is 16.8. The van der Waals surface area contributed by atoms with E-state index < -0.39 is 0 Å². The highest BCUT2D eigenvalue weighted by atomic mass is 16.5. The van der Waals surface area contributed by atoms with E-state index in [4.69, 9.17) is 4.74 Å². The van der Waals surface area contributed by atoms with Gasteiger partial charge in [0.15, 0.2) is 11.5 Å². The lowest BCUT2D eigenvalue weighted by Gasteiger charge is -2.32. The average Bonchev–Trinajstić information content (AvgIpc) is 2.67. The molecule has 1 aromatic rings. The quantitative estimate of drug-likeness (QED) is 0.443. The van der Waals surface area contributed by atoms with Crippen LogP contribution >= 0.6 is 0 Å². The molecule has 0 bridgehead atoms. The second-order valence-corrected chi connectivity index (χ2v) is 8.75. The van der Waals surface area contributed by atoms with Gasteiger partial charge in [0, 0.05) is 18.3 Å². The second-order valence-electron chi connectivity index (χ2n) is 8.75. The highest BCUT2D eigenvalue weighted by molar-refractivity contribution is 5.54. The third kappa shape index (κ3) is 6.98. The van der Waals surface area contributed by atoms with Gasteiger partial charge >= 0.3 is 0 Å². The Kier molecular flexibility index (Phi) is 8.58. The van der Waals surface area contributed by atoms with Crippen molar-refractivity contribution >= 4 is 5.69 Å². The normalized spacial score (nSPS) is 17.8. The number of hydrogen-bond acceptors (Lipinski definition) is 3. The van der Waals surface area contributed by atoms with Crippen LogP contribution in [0.2, 0.25) is 0 Å². The summed E-state index contributed by atoms with van der Waals surface area (Å²) in [6.45, 7) is 11.9. The van der Waals surface area contributed by atoms with Gasteiger partial charge < -0.3 is 15.2 Å². The molecule has 0 unspecified atom stereocenters. The first kappa shape index (κ1) is 23.6. The van der Waals surface area contributed by atoms with Crippen LogP contribution in [0, 0.1) is 5.41 Å². The SMILES string of the molecule is COc1ccc(NCC=C(C)C=CC=C(C)C=CC2=C(C)CCCC2(C)C)cc1O. The number of aromatic hydroxyl groups is 1. The first-order valence-corrected chi connectivity index (χ1v) is 10.7. The van der Waals surface area contributed by atoms with Gasteiger partial charge in [-0.1, -0.05) is 67.0 Å². The van der Waals surface area contributed by atoms with Crippen LogP contribution in [0.5, 0.6) is 11.5 Å². The van der Waals surface area contributed by atoms with Gasteiger partial charge in [0.25, 0.3) is 0 Å². The zero-order valence-electron chi connectivity index (χ0n) is 19.4. The summed E-state index contributed by atoms with van der Waals surface area (Å²) in [5.74, 6) is 0.615. The molecule has 0 fully saturated rings. The molecule has 0 spiro atoms. The number of phenolic OH excluding ortho intramolecular Hbond substituents is 1. The molecule has 162 valence electrons. The number of anilines is 1. The largest absolute Gasteiger partial charge is 0.504 e. The van der Waals surface area contributed by atoms with Gasteiger partial charge in [0.1, 0.15) is 0 Å². The van der Waals surface area contributed by atoms with Crippen molar-refractivity contribution in [1.29, 1.82) is 0 Å². The first-order valence-electron chi connectivity index (χ1n) is 10.7. The fourth-order valence-corrected chi connectivity index (χ4v) is 3.83. The molecule has 2 rings (SSSR count). The summed E-state index contributed by atoms with van der Waals surface area (Å²) in [5.41, 5.74) is 6.59. The monoisotopic (exact) mass is 407 g/mol. The summed E-state index contributed by atoms with van der Waals surface area (Å²) >= 11 is 0. The Morgan fingerprint density at radius 1 is 1.20 bits per heavy atom. The Labute approximate surface area is 182 Å². The molecule has 0 saturated carbocycles. The third-order valence-electron chi connectivity index (χ3n) is 5.68. The minimum atomic E-state index is 0.138. The van der Waals surface area contributed by atoms with E-state index in [-0.39, 0.29) is 11.2 Å². The van der Waals surface area contributed by atoms with Crippen LogP contribution in [-0.4, -0.2) is 18.8 Å². The average molecular weight is 408 g/mol. The van der Waals surface area contributed by atoms with E-state index in [2.05, 4.69) is 76.4 Å². The van der Waals surface area contributed by atoms with Crippen LogP contribution in [0.4, 0.5) is 5.69 Å². The molecule has 0 saturated heterocycles. The predicted octanol–water partition coefficient (Wildman–Crippen LogP) is 7.34. The molecule has 0 radical (unpaired) electrons. The number of methoxy groups -OCH3 is 1. The Bertz CT molecular complexity index is 882. The number of phenols is 1. The van der Waals surface area contributed by atoms with E-state index in [1.54, 1.807) is 19.2 Å². The molecule has 0 amide bonds. The van der Waals surface area contributed by atoms with Crippen molar-refractivity contribution in [1.82, 2.24) is 0 Å². The number of hydrogen-bond donors (Lipinski definition) is 2. The summed E-state index contributed by atoms with van der Waals surface area (Å²) < 4.78 is 5.06. The summed E-state index contributed by atoms with van der Waals surface area (Å²) in [7, 11) is 1.54. The maximum atomic E-state index is 9.83. The lowest BCUT2D eigenvalue weighted by atomic mass is 9.72. The van der Waals surface area contributed by atoms with Crippen molar-refractivity contribution in [3.63, 3.8) is 0 Å². The number of ether oxygens (including phenoxy) is 1. The van der Waals surface area contributed by atoms with Gasteiger partial charge in [-0.3, -0.25) is 0 Å². The van der Waals surface area contributed by atoms with Crippen LogP contribution in [0.15, 0.2) is 76.9 Å². The van der Waals surface area contributed by atoms with Gasteiger partial charge in [0.05, 0.1) is 7.11 Å². The standard InChI is InChI=1S/C27H37NO2/c1-20(12-14-24-22(3)11-8-17-27(24,4)5)9-7-10-21(2)16-18-28-23-13-15-26(30-6)25(29)19-23/h7,9-10,12-16,19,28-29H,8,11,17-18H2,1-6H3. The molecule has 3 nitrogen and oxygen atoms in total. The van der Waals surface area contributed by atoms with E-state index in [0.29, 0.717) is 12.3 Å². The molecule has 0 atom stereocenters. The van der Waals surface area contributed by atoms with E-state index in [1.165, 1.54) is 41.6 Å². The maximum Gasteiger partial charge on any atom is 0.160 e. The summed E-state index contributed by atoms with van der Waals surface area (Å²) in [4.78, 5) is 0. The lowest BCUT2D eigenvalue weighted by molar-refractivity contribution is 0.373. The molecule has 1 aliphatic carbocycles. The van der Waals surface area contributed by atoms with Crippen molar-refractivity contribution in [2.75, 3.05) is 19.0 Å². The minimum Gasteiger partial charge on any atom is -0.504 e. The second kappa shape index (κ2) is 10.9. The van der Waals surface area contributed by atoms with Gasteiger partial charge in [-0.15, -0.1) is 0 Å². The van der Waals surface area contributed by atoms with Gasteiger partial charge in [0.2, 0.25) is 0 Å². The molecular weight excluding hydrogens is 370 g/mol. The molecule has 3 heteroatoms. The van der Waals surface area contributed by atoms with E-state index in [0.717, 1.165) is 5.69 Å². The predicted molar refractivity (Wildman–Crippen MR) is 129 cm³/mol. The van der Waals surface area contributed by atoms with Crippen LogP contribution in [0.25, 0.3) is 0 Å². The zero-order chi connectivity index (χ0) is 22.1. The number of rotatable bonds is 8. The van der Waals surface area contributed by atoms with Crippen LogP contribution in [0.3, 0.4) is 0 Å². The van der Waals surface area contributed by atoms with E-state index in [9.17, 15) is 5.11 Å². The Hall–Kier alpha value is -2.68. The molecule has 1 aliphatic rings. The van der Waals surface area contributed by atoms with Gasteiger partial charge in [-0.2, -0.15) is 0 Å². The zero-order valence-corrected chi connectivity index (χ0v) is 19.4. The van der Waals surface area contributed by atoms with Crippen LogP contribution < -0.4 is 10.1 Å². The van der Waals surface area contributed by atoms with Crippen LogP contribution in [-0.2, 0) is 0 Å². The number of allylic oxidation sites excluding steroid dienone is 9. The molecule has 2 N–H and O–H groups in total. The lowest BCUT2D eigenvalue weighted by Crippen LogP contribution is -2.19. The molecule has 0 heterocycles. The fraction of sp³-hybridized carbons (Fsp3) is 0.407. The topological polar surface area (TPSA) is 41.5 Å². The van der Waals surface area contributed by atoms with Crippen molar-refractivity contribution in [3.8, 4) is 11.5 Å². The Morgan fingerprint density at radius 3 is 2.63 bits per heavy atom. The third-order valence-corrected chi connectivity index (χ3v) is 5.68. The number of nitrogens with one attached hydrogen (secondary N) is 1. The first-order chi connectivity index (χ1) is 14.2. The number of benzene rings is 1. The van der Waals surface area contributed by atoms with Crippen molar-refractivity contribution in [2.24, 2.45) is 5.41 Å². The van der Waals surface area contributed by atoms with E-state index in [1.807, 2.05) is 6.07 Å². The molecule has 30 heavy (non-hydrogen) atoms. The van der Waals surface area contributed by atoms with Crippen molar-refractivity contribution in [3.05, 3.63) is 76.9 Å².